The minimum atomic E-state index is -0.586. The fourth-order valence-electron chi connectivity index (χ4n) is 1.61. The molecule has 16 heavy (non-hydrogen) atoms. The van der Waals surface area contributed by atoms with Gasteiger partial charge in [-0.2, -0.15) is 5.26 Å². The molecule has 0 saturated heterocycles. The maximum absolute atomic E-state index is 13.5. The highest BCUT2D eigenvalue weighted by molar-refractivity contribution is 5.22. The fourth-order valence-corrected chi connectivity index (χ4v) is 1.61. The Bertz CT molecular complexity index is 385. The first-order chi connectivity index (χ1) is 7.69. The van der Waals surface area contributed by atoms with E-state index in [1.54, 1.807) is 0 Å². The van der Waals surface area contributed by atoms with Gasteiger partial charge in [0, 0.05) is 17.7 Å². The van der Waals surface area contributed by atoms with E-state index in [4.69, 9.17) is 5.26 Å². The van der Waals surface area contributed by atoms with Crippen molar-refractivity contribution in [2.75, 3.05) is 6.54 Å². The Morgan fingerprint density at radius 1 is 1.44 bits per heavy atom. The molecule has 1 rings (SSSR count). The van der Waals surface area contributed by atoms with Gasteiger partial charge in [-0.1, -0.05) is 19.4 Å². The summed E-state index contributed by atoms with van der Waals surface area (Å²) in [5.41, 5.74) is 0.415. The maximum atomic E-state index is 13.5. The van der Waals surface area contributed by atoms with Gasteiger partial charge >= 0.3 is 0 Å². The van der Waals surface area contributed by atoms with Crippen LogP contribution in [0.5, 0.6) is 0 Å². The molecule has 1 N–H and O–H groups in total. The van der Waals surface area contributed by atoms with Crippen molar-refractivity contribution in [3.8, 4) is 6.07 Å². The Kier molecular flexibility index (Phi) is 4.87. The molecule has 0 aliphatic carbocycles. The summed E-state index contributed by atoms with van der Waals surface area (Å²) in [4.78, 5) is 0. The molecular weight excluding hydrogens is 210 g/mol. The lowest BCUT2D eigenvalue weighted by atomic mass is 10.0. The summed E-state index contributed by atoms with van der Waals surface area (Å²) in [5, 5.41) is 11.4. The highest BCUT2D eigenvalue weighted by Crippen LogP contribution is 2.21. The van der Waals surface area contributed by atoms with E-state index in [2.05, 4.69) is 5.32 Å². The second kappa shape index (κ2) is 6.19. The van der Waals surface area contributed by atoms with Crippen LogP contribution < -0.4 is 5.32 Å². The van der Waals surface area contributed by atoms with Gasteiger partial charge in [0.15, 0.2) is 0 Å². The summed E-state index contributed by atoms with van der Waals surface area (Å²) in [6.45, 7) is 2.13. The van der Waals surface area contributed by atoms with E-state index in [-0.39, 0.29) is 12.6 Å². The summed E-state index contributed by atoms with van der Waals surface area (Å²) < 4.78 is 26.2. The lowest BCUT2D eigenvalue weighted by molar-refractivity contribution is 0.485. The molecule has 0 heterocycles. The molecule has 1 aromatic carbocycles. The Hall–Kier alpha value is -1.47. The Morgan fingerprint density at radius 2 is 2.19 bits per heavy atom. The molecule has 1 unspecified atom stereocenters. The van der Waals surface area contributed by atoms with Crippen LogP contribution in [0.25, 0.3) is 0 Å². The second-order valence-electron chi connectivity index (χ2n) is 3.55. The van der Waals surface area contributed by atoms with Gasteiger partial charge < -0.3 is 0 Å². The average molecular weight is 224 g/mol. The Balaban J connectivity index is 2.87. The van der Waals surface area contributed by atoms with Gasteiger partial charge in [0.25, 0.3) is 0 Å². The van der Waals surface area contributed by atoms with Crippen LogP contribution in [-0.2, 0) is 0 Å². The van der Waals surface area contributed by atoms with Crippen LogP contribution in [0, 0.1) is 23.0 Å². The van der Waals surface area contributed by atoms with Crippen LogP contribution in [0.3, 0.4) is 0 Å². The third kappa shape index (κ3) is 3.28. The molecule has 0 radical (unpaired) electrons. The highest BCUT2D eigenvalue weighted by Gasteiger charge is 2.14. The molecule has 0 amide bonds. The van der Waals surface area contributed by atoms with Crippen LogP contribution in [0.4, 0.5) is 8.78 Å². The van der Waals surface area contributed by atoms with Gasteiger partial charge in [-0.25, -0.2) is 8.78 Å². The third-order valence-electron chi connectivity index (χ3n) is 2.34. The molecule has 4 heteroatoms. The molecule has 0 fully saturated rings. The average Bonchev–Trinajstić information content (AvgIpc) is 2.25. The first-order valence-corrected chi connectivity index (χ1v) is 5.24. The normalized spacial score (nSPS) is 12.1. The van der Waals surface area contributed by atoms with Crippen LogP contribution in [0.2, 0.25) is 0 Å². The largest absolute Gasteiger partial charge is 0.297 e. The summed E-state index contributed by atoms with van der Waals surface area (Å²) in [5.74, 6) is -1.15. The zero-order chi connectivity index (χ0) is 12.0. The molecule has 2 nitrogen and oxygen atoms in total. The van der Waals surface area contributed by atoms with Crippen LogP contribution in [0.15, 0.2) is 18.2 Å². The number of nitrogens with one attached hydrogen (secondary N) is 1. The zero-order valence-electron chi connectivity index (χ0n) is 9.13. The third-order valence-corrected chi connectivity index (χ3v) is 2.34. The van der Waals surface area contributed by atoms with Gasteiger partial charge in [0.2, 0.25) is 0 Å². The summed E-state index contributed by atoms with van der Waals surface area (Å²) >= 11 is 0. The van der Waals surface area contributed by atoms with Crippen molar-refractivity contribution in [1.82, 2.24) is 5.32 Å². The second-order valence-corrected chi connectivity index (χ2v) is 3.55. The molecule has 0 spiro atoms. The molecular formula is C12H14F2N2. The quantitative estimate of drug-likeness (QED) is 0.780. The first-order valence-electron chi connectivity index (χ1n) is 5.24. The minimum absolute atomic E-state index is 0.154. The van der Waals surface area contributed by atoms with Crippen molar-refractivity contribution in [1.29, 1.82) is 5.26 Å². The molecule has 0 aliphatic rings. The lowest BCUT2D eigenvalue weighted by Crippen LogP contribution is -2.22. The van der Waals surface area contributed by atoms with E-state index in [1.165, 1.54) is 12.1 Å². The van der Waals surface area contributed by atoms with Gasteiger partial charge in [-0.05, 0) is 12.5 Å². The zero-order valence-corrected chi connectivity index (χ0v) is 9.13. The van der Waals surface area contributed by atoms with Crippen LogP contribution in [-0.4, -0.2) is 6.54 Å². The molecule has 0 aliphatic heterocycles. The van der Waals surface area contributed by atoms with Crippen LogP contribution in [0.1, 0.15) is 31.4 Å². The van der Waals surface area contributed by atoms with Gasteiger partial charge in [-0.15, -0.1) is 0 Å². The Morgan fingerprint density at radius 3 is 2.75 bits per heavy atom. The number of rotatable bonds is 5. The number of halogens is 2. The monoisotopic (exact) mass is 224 g/mol. The van der Waals surface area contributed by atoms with Gasteiger partial charge in [0.05, 0.1) is 12.6 Å². The SMILES string of the molecule is CCCC(NCC#N)c1ccc(F)cc1F. The molecule has 86 valence electrons. The molecule has 0 saturated carbocycles. The van der Waals surface area contributed by atoms with Gasteiger partial charge in [-0.3, -0.25) is 5.32 Å². The summed E-state index contributed by atoms with van der Waals surface area (Å²) in [6.07, 6.45) is 1.57. The number of nitrogens with zero attached hydrogens (tertiary/aromatic N) is 1. The van der Waals surface area contributed by atoms with Crippen molar-refractivity contribution in [2.24, 2.45) is 0 Å². The van der Waals surface area contributed by atoms with Crippen molar-refractivity contribution in [3.63, 3.8) is 0 Å². The van der Waals surface area contributed by atoms with E-state index in [1.807, 2.05) is 13.0 Å². The Labute approximate surface area is 93.9 Å². The first kappa shape index (κ1) is 12.6. The summed E-state index contributed by atoms with van der Waals surface area (Å²) in [7, 11) is 0. The van der Waals surface area contributed by atoms with Crippen molar-refractivity contribution in [2.45, 2.75) is 25.8 Å². The van der Waals surface area contributed by atoms with Crippen LogP contribution >= 0.6 is 0 Å². The minimum Gasteiger partial charge on any atom is -0.297 e. The van der Waals surface area contributed by atoms with Crippen molar-refractivity contribution >= 4 is 0 Å². The number of benzene rings is 1. The molecule has 0 aromatic heterocycles. The molecule has 1 aromatic rings. The number of nitriles is 1. The van der Waals surface area contributed by atoms with Gasteiger partial charge in [0.1, 0.15) is 11.6 Å². The van der Waals surface area contributed by atoms with Crippen molar-refractivity contribution in [3.05, 3.63) is 35.4 Å². The van der Waals surface area contributed by atoms with E-state index >= 15 is 0 Å². The highest BCUT2D eigenvalue weighted by atomic mass is 19.1. The smallest absolute Gasteiger partial charge is 0.130 e. The standard InChI is InChI=1S/C12H14F2N2/c1-2-3-12(16-7-6-15)10-5-4-9(13)8-11(10)14/h4-5,8,12,16H,2-3,7H2,1H3. The topological polar surface area (TPSA) is 35.8 Å². The predicted octanol–water partition coefficient (Wildman–Crippen LogP) is 2.92. The number of hydrogen-bond donors (Lipinski definition) is 1. The van der Waals surface area contributed by atoms with E-state index in [0.717, 1.165) is 12.5 Å². The number of hydrogen-bond acceptors (Lipinski definition) is 2. The summed E-state index contributed by atoms with van der Waals surface area (Å²) in [6, 6.07) is 5.24. The van der Waals surface area contributed by atoms with E-state index < -0.39 is 11.6 Å². The van der Waals surface area contributed by atoms with E-state index in [9.17, 15) is 8.78 Å². The molecule has 1 atom stereocenters. The molecule has 0 bridgehead atoms. The lowest BCUT2D eigenvalue weighted by Gasteiger charge is -2.17. The fraction of sp³-hybridized carbons (Fsp3) is 0.417. The predicted molar refractivity (Wildman–Crippen MR) is 57.6 cm³/mol. The maximum Gasteiger partial charge on any atom is 0.130 e. The van der Waals surface area contributed by atoms with Crippen molar-refractivity contribution < 1.29 is 8.78 Å². The van der Waals surface area contributed by atoms with E-state index in [0.29, 0.717) is 12.0 Å².